The average Bonchev–Trinajstić information content (AvgIpc) is 3.34. The Kier molecular flexibility index (Phi) is 5.70. The summed E-state index contributed by atoms with van der Waals surface area (Å²) in [5.74, 6) is -0.636. The van der Waals surface area contributed by atoms with Crippen LogP contribution in [0, 0.1) is 5.82 Å². The Labute approximate surface area is 189 Å². The Morgan fingerprint density at radius 1 is 1.31 bits per heavy atom. The monoisotopic (exact) mass is 459 g/mol. The number of carbonyl (C=O) groups excluding carboxylic acids is 2. The number of nitrogens with one attached hydrogen (secondary N) is 1. The SMILES string of the molecule is CCC1c2sc(-c3nc4c(C(=O)OC)cc(F)cc4[nH]3)cc2CCN1C(=O)OC(C)(C)C. The Bertz CT molecular complexity index is 1190. The lowest BCUT2D eigenvalue weighted by Gasteiger charge is -2.36. The summed E-state index contributed by atoms with van der Waals surface area (Å²) in [5, 5.41) is 0. The third-order valence-electron chi connectivity index (χ3n) is 5.35. The first-order valence-corrected chi connectivity index (χ1v) is 11.3. The molecule has 3 heterocycles. The molecule has 7 nitrogen and oxygen atoms in total. The summed E-state index contributed by atoms with van der Waals surface area (Å²) in [6.45, 7) is 8.20. The molecular weight excluding hydrogens is 433 g/mol. The molecule has 1 unspecified atom stereocenters. The number of methoxy groups -OCH3 is 1. The van der Waals surface area contributed by atoms with Crippen LogP contribution in [0.15, 0.2) is 18.2 Å². The minimum atomic E-state index is -0.642. The Morgan fingerprint density at radius 3 is 2.72 bits per heavy atom. The number of H-pyrrole nitrogens is 1. The number of rotatable bonds is 3. The zero-order valence-corrected chi connectivity index (χ0v) is 19.6. The van der Waals surface area contributed by atoms with Gasteiger partial charge in [-0.2, -0.15) is 0 Å². The summed E-state index contributed by atoms with van der Waals surface area (Å²) in [6.07, 6.45) is 1.15. The van der Waals surface area contributed by atoms with Gasteiger partial charge in [0.25, 0.3) is 0 Å². The van der Waals surface area contributed by atoms with Gasteiger partial charge in [0.05, 0.1) is 29.1 Å². The number of nitrogens with zero attached hydrogens (tertiary/aromatic N) is 2. The van der Waals surface area contributed by atoms with Crippen LogP contribution in [0.1, 0.15) is 61.0 Å². The number of amides is 1. The van der Waals surface area contributed by atoms with Gasteiger partial charge in [-0.25, -0.2) is 19.0 Å². The second-order valence-corrected chi connectivity index (χ2v) is 9.86. The third-order valence-corrected chi connectivity index (χ3v) is 6.63. The van der Waals surface area contributed by atoms with Crippen LogP contribution < -0.4 is 0 Å². The summed E-state index contributed by atoms with van der Waals surface area (Å²) in [5.41, 5.74) is 1.47. The van der Waals surface area contributed by atoms with E-state index in [1.807, 2.05) is 27.7 Å². The van der Waals surface area contributed by atoms with Crippen LogP contribution in [0.25, 0.3) is 21.7 Å². The minimum Gasteiger partial charge on any atom is -0.465 e. The second-order valence-electron chi connectivity index (χ2n) is 8.77. The summed E-state index contributed by atoms with van der Waals surface area (Å²) in [6, 6.07) is 4.41. The van der Waals surface area contributed by atoms with Crippen LogP contribution in [0.4, 0.5) is 9.18 Å². The summed E-state index contributed by atoms with van der Waals surface area (Å²) in [7, 11) is 1.25. The number of imidazole rings is 1. The van der Waals surface area contributed by atoms with Gasteiger partial charge in [0.2, 0.25) is 0 Å². The molecule has 170 valence electrons. The van der Waals surface area contributed by atoms with Crippen LogP contribution in [0.3, 0.4) is 0 Å². The van der Waals surface area contributed by atoms with Gasteiger partial charge in [0.15, 0.2) is 0 Å². The molecule has 3 aromatic rings. The highest BCUT2D eigenvalue weighted by Crippen LogP contribution is 2.42. The maximum absolute atomic E-state index is 14.0. The molecule has 0 saturated heterocycles. The number of aromatic amines is 1. The second kappa shape index (κ2) is 8.20. The molecule has 1 N–H and O–H groups in total. The number of halogens is 1. The van der Waals surface area contributed by atoms with Crippen molar-refractivity contribution in [3.63, 3.8) is 0 Å². The van der Waals surface area contributed by atoms with Crippen LogP contribution in [-0.4, -0.2) is 46.2 Å². The molecule has 1 aliphatic rings. The van der Waals surface area contributed by atoms with Crippen LogP contribution >= 0.6 is 11.3 Å². The molecule has 9 heteroatoms. The predicted octanol–water partition coefficient (Wildman–Crippen LogP) is 5.46. The largest absolute Gasteiger partial charge is 0.465 e. The first-order valence-electron chi connectivity index (χ1n) is 10.5. The predicted molar refractivity (Wildman–Crippen MR) is 120 cm³/mol. The van der Waals surface area contributed by atoms with E-state index in [0.29, 0.717) is 29.8 Å². The van der Waals surface area contributed by atoms with E-state index in [0.717, 1.165) is 27.8 Å². The van der Waals surface area contributed by atoms with Crippen molar-refractivity contribution in [3.8, 4) is 10.7 Å². The number of aromatic nitrogens is 2. The maximum Gasteiger partial charge on any atom is 0.410 e. The van der Waals surface area contributed by atoms with Crippen molar-refractivity contribution in [1.29, 1.82) is 0 Å². The Balaban J connectivity index is 1.71. The summed E-state index contributed by atoms with van der Waals surface area (Å²) in [4.78, 5) is 36.3. The lowest BCUT2D eigenvalue weighted by atomic mass is 10.00. The number of thiophene rings is 1. The van der Waals surface area contributed by atoms with Crippen LogP contribution in [0.5, 0.6) is 0 Å². The first-order chi connectivity index (χ1) is 15.1. The van der Waals surface area contributed by atoms with E-state index in [1.165, 1.54) is 13.2 Å². The summed E-state index contributed by atoms with van der Waals surface area (Å²) < 4.78 is 24.4. The Morgan fingerprint density at radius 2 is 2.06 bits per heavy atom. The number of carbonyl (C=O) groups is 2. The fourth-order valence-corrected chi connectivity index (χ4v) is 5.34. The van der Waals surface area contributed by atoms with E-state index in [2.05, 4.69) is 16.0 Å². The fraction of sp³-hybridized carbons (Fsp3) is 0.435. The van der Waals surface area contributed by atoms with Crippen molar-refractivity contribution in [2.45, 2.75) is 52.2 Å². The van der Waals surface area contributed by atoms with Crippen molar-refractivity contribution >= 4 is 34.4 Å². The van der Waals surface area contributed by atoms with Crippen LogP contribution in [0.2, 0.25) is 0 Å². The van der Waals surface area contributed by atoms with E-state index in [-0.39, 0.29) is 17.7 Å². The molecule has 1 aromatic carbocycles. The number of fused-ring (bicyclic) bond motifs is 2. The van der Waals surface area contributed by atoms with E-state index in [4.69, 9.17) is 9.47 Å². The number of hydrogen-bond donors (Lipinski definition) is 1. The molecular formula is C23H26FN3O4S. The molecule has 0 bridgehead atoms. The molecule has 0 spiro atoms. The quantitative estimate of drug-likeness (QED) is 0.526. The van der Waals surface area contributed by atoms with Crippen LogP contribution in [-0.2, 0) is 15.9 Å². The van der Waals surface area contributed by atoms with Crippen molar-refractivity contribution in [3.05, 3.63) is 40.0 Å². The van der Waals surface area contributed by atoms with Gasteiger partial charge < -0.3 is 19.4 Å². The topological polar surface area (TPSA) is 84.5 Å². The highest BCUT2D eigenvalue weighted by molar-refractivity contribution is 7.15. The van der Waals surface area contributed by atoms with Gasteiger partial charge in [-0.15, -0.1) is 11.3 Å². The molecule has 4 rings (SSSR count). The zero-order valence-electron chi connectivity index (χ0n) is 18.7. The Hall–Kier alpha value is -2.94. The highest BCUT2D eigenvalue weighted by atomic mass is 32.1. The smallest absolute Gasteiger partial charge is 0.410 e. The van der Waals surface area contributed by atoms with Crippen molar-refractivity contribution in [2.24, 2.45) is 0 Å². The molecule has 1 atom stereocenters. The van der Waals surface area contributed by atoms with E-state index >= 15 is 0 Å². The van der Waals surface area contributed by atoms with Crippen molar-refractivity contribution in [1.82, 2.24) is 14.9 Å². The molecule has 0 saturated carbocycles. The number of hydrogen-bond acceptors (Lipinski definition) is 6. The van der Waals surface area contributed by atoms with Crippen molar-refractivity contribution < 1.29 is 23.5 Å². The third kappa shape index (κ3) is 4.09. The maximum atomic E-state index is 14.0. The first kappa shape index (κ1) is 22.3. The molecule has 1 amide bonds. The molecule has 0 aliphatic carbocycles. The zero-order chi connectivity index (χ0) is 23.2. The van der Waals surface area contributed by atoms with E-state index in [1.54, 1.807) is 16.2 Å². The van der Waals surface area contributed by atoms with Gasteiger partial charge in [0, 0.05) is 11.4 Å². The summed E-state index contributed by atoms with van der Waals surface area (Å²) >= 11 is 1.55. The fourth-order valence-electron chi connectivity index (χ4n) is 3.98. The van der Waals surface area contributed by atoms with E-state index < -0.39 is 17.4 Å². The number of benzene rings is 1. The molecule has 2 aromatic heterocycles. The van der Waals surface area contributed by atoms with E-state index in [9.17, 15) is 14.0 Å². The van der Waals surface area contributed by atoms with Gasteiger partial charge in [-0.3, -0.25) is 0 Å². The minimum absolute atomic E-state index is 0.0776. The lowest BCUT2D eigenvalue weighted by Crippen LogP contribution is -2.42. The van der Waals surface area contributed by atoms with Gasteiger partial charge in [-0.1, -0.05) is 6.92 Å². The van der Waals surface area contributed by atoms with Gasteiger partial charge in [-0.05, 0) is 57.4 Å². The number of ether oxygens (including phenoxy) is 2. The average molecular weight is 460 g/mol. The normalized spacial score (nSPS) is 16.2. The molecule has 0 fully saturated rings. The van der Waals surface area contributed by atoms with Gasteiger partial charge in [0.1, 0.15) is 22.8 Å². The van der Waals surface area contributed by atoms with Gasteiger partial charge >= 0.3 is 12.1 Å². The number of esters is 1. The molecule has 32 heavy (non-hydrogen) atoms. The van der Waals surface area contributed by atoms with Crippen molar-refractivity contribution in [2.75, 3.05) is 13.7 Å². The highest BCUT2D eigenvalue weighted by Gasteiger charge is 2.34. The standard InChI is InChI=1S/C23H26FN3O4S/c1-6-16-19-12(7-8-27(16)22(29)31-23(2,3)4)9-17(32-19)20-25-15-11-13(24)10-14(18(15)26-20)21(28)30-5/h9-11,16H,6-8H2,1-5H3,(H,25,26). The lowest BCUT2D eigenvalue weighted by molar-refractivity contribution is 0.0141. The molecule has 0 radical (unpaired) electrons. The molecule has 1 aliphatic heterocycles.